The first kappa shape index (κ1) is 22.9. The smallest absolute Gasteiger partial charge is 0.171 e. The van der Waals surface area contributed by atoms with Crippen LogP contribution in [-0.4, -0.2) is 57.4 Å². The van der Waals surface area contributed by atoms with E-state index in [9.17, 15) is 20.1 Å². The second-order valence-corrected chi connectivity index (χ2v) is 13.3. The number of fused-ring (bicyclic) bond motifs is 7. The highest BCUT2D eigenvalue weighted by Gasteiger charge is 2.72. The van der Waals surface area contributed by atoms with Crippen molar-refractivity contribution in [1.29, 1.82) is 0 Å². The van der Waals surface area contributed by atoms with E-state index in [4.69, 9.17) is 9.47 Å². The first-order chi connectivity index (χ1) is 15.5. The summed E-state index contributed by atoms with van der Waals surface area (Å²) in [6.07, 6.45) is 3.96. The van der Waals surface area contributed by atoms with Gasteiger partial charge in [0.05, 0.1) is 24.9 Å². The van der Waals surface area contributed by atoms with Crippen molar-refractivity contribution < 1.29 is 29.6 Å². The Labute approximate surface area is 197 Å². The van der Waals surface area contributed by atoms with Crippen molar-refractivity contribution in [2.75, 3.05) is 6.61 Å². The van der Waals surface area contributed by atoms with E-state index in [1.165, 1.54) is 0 Å². The molecule has 0 aromatic rings. The summed E-state index contributed by atoms with van der Waals surface area (Å²) in [5.41, 5.74) is -2.13. The van der Waals surface area contributed by atoms with E-state index in [-0.39, 0.29) is 42.0 Å². The number of rotatable bonds is 0. The molecule has 6 fully saturated rings. The monoisotopic (exact) mass is 462 g/mol. The molecule has 2 aliphatic heterocycles. The van der Waals surface area contributed by atoms with Crippen LogP contribution >= 0.6 is 0 Å². The standard InChI is InChI=1S/C27H42O6/c1-14-5-8-27(32-13-14)15(2)23-21(33-27)10-18-16-9-22(30)26(31)12-20(29)19(28)11-25(26,4)17(16)6-7-24(18,23)3/h14-21,23,28-29,31H,5-13H2,1-4H3/t14-,15+,16-,17?,18?,19-,20-,21+,23+,24+,25-,26-,27-/m1/s1. The molecule has 4 saturated carbocycles. The van der Waals surface area contributed by atoms with Crippen molar-refractivity contribution >= 4 is 5.78 Å². The van der Waals surface area contributed by atoms with Gasteiger partial charge in [0.1, 0.15) is 5.60 Å². The molecule has 3 N–H and O–H groups in total. The molecule has 6 nitrogen and oxygen atoms in total. The summed E-state index contributed by atoms with van der Waals surface area (Å²) in [4.78, 5) is 13.4. The SMILES string of the molecule is C[C@@H]1CC[C@@]2(OC1)O[C@H]1CC3[C@@H]4CC(=O)[C@]5(O)C[C@@H](O)[C@H](O)C[C@]5(C)C4CC[C@]3(C)[C@H]1[C@@H]2C. The molecule has 6 heteroatoms. The lowest BCUT2D eigenvalue weighted by Crippen LogP contribution is -2.69. The summed E-state index contributed by atoms with van der Waals surface area (Å²) in [6.45, 7) is 9.77. The molecule has 6 aliphatic rings. The summed E-state index contributed by atoms with van der Waals surface area (Å²) in [5.74, 6) is 1.53. The normalized spacial score (nSPS) is 62.5. The zero-order valence-corrected chi connectivity index (χ0v) is 20.6. The molecule has 0 bridgehead atoms. The molecule has 2 heterocycles. The number of ketones is 1. The van der Waals surface area contributed by atoms with E-state index in [0.29, 0.717) is 30.1 Å². The fourth-order valence-corrected chi connectivity index (χ4v) is 10.1. The first-order valence-electron chi connectivity index (χ1n) is 13.4. The van der Waals surface area contributed by atoms with Gasteiger partial charge >= 0.3 is 0 Å². The largest absolute Gasteiger partial charge is 0.390 e. The summed E-state index contributed by atoms with van der Waals surface area (Å²) < 4.78 is 13.2. The third-order valence-electron chi connectivity index (χ3n) is 11.9. The van der Waals surface area contributed by atoms with Crippen molar-refractivity contribution in [2.24, 2.45) is 46.3 Å². The predicted molar refractivity (Wildman–Crippen MR) is 121 cm³/mol. The highest BCUT2D eigenvalue weighted by Crippen LogP contribution is 2.71. The number of hydrogen-bond acceptors (Lipinski definition) is 6. The van der Waals surface area contributed by atoms with Gasteiger partial charge in [-0.15, -0.1) is 0 Å². The summed E-state index contributed by atoms with van der Waals surface area (Å²) in [5, 5.41) is 32.4. The van der Waals surface area contributed by atoms with E-state index < -0.39 is 29.0 Å². The van der Waals surface area contributed by atoms with Crippen LogP contribution in [0.4, 0.5) is 0 Å². The highest BCUT2D eigenvalue weighted by atomic mass is 16.7. The van der Waals surface area contributed by atoms with Crippen LogP contribution in [0.2, 0.25) is 0 Å². The average Bonchev–Trinajstić information content (AvgIpc) is 3.19. The van der Waals surface area contributed by atoms with Gasteiger partial charge in [-0.25, -0.2) is 0 Å². The lowest BCUT2D eigenvalue weighted by molar-refractivity contribution is -0.274. The van der Waals surface area contributed by atoms with Gasteiger partial charge in [-0.2, -0.15) is 0 Å². The Morgan fingerprint density at radius 1 is 1.00 bits per heavy atom. The fourth-order valence-electron chi connectivity index (χ4n) is 10.1. The third kappa shape index (κ3) is 2.76. The molecular formula is C27H42O6. The summed E-state index contributed by atoms with van der Waals surface area (Å²) in [7, 11) is 0. The molecule has 186 valence electrons. The molecule has 13 atom stereocenters. The minimum Gasteiger partial charge on any atom is -0.390 e. The summed E-state index contributed by atoms with van der Waals surface area (Å²) in [6, 6.07) is 0. The van der Waals surface area contributed by atoms with Crippen molar-refractivity contribution in [3.63, 3.8) is 0 Å². The Kier molecular flexibility index (Phi) is 4.88. The molecule has 33 heavy (non-hydrogen) atoms. The maximum atomic E-state index is 13.4. The zero-order valence-electron chi connectivity index (χ0n) is 20.6. The molecule has 0 aromatic carbocycles. The zero-order chi connectivity index (χ0) is 23.6. The maximum absolute atomic E-state index is 13.4. The van der Waals surface area contributed by atoms with Gasteiger partial charge in [0.2, 0.25) is 0 Å². The Morgan fingerprint density at radius 2 is 1.73 bits per heavy atom. The number of Topliss-reactive ketones (excluding diaryl/α,β-unsaturated/α-hetero) is 1. The minimum atomic E-state index is -1.53. The molecular weight excluding hydrogens is 420 g/mol. The lowest BCUT2D eigenvalue weighted by atomic mass is 9.42. The van der Waals surface area contributed by atoms with E-state index in [2.05, 4.69) is 20.8 Å². The van der Waals surface area contributed by atoms with Gasteiger partial charge < -0.3 is 24.8 Å². The maximum Gasteiger partial charge on any atom is 0.171 e. The molecule has 0 aromatic heterocycles. The van der Waals surface area contributed by atoms with Crippen LogP contribution in [0.3, 0.4) is 0 Å². The van der Waals surface area contributed by atoms with Gasteiger partial charge in [-0.3, -0.25) is 4.79 Å². The van der Waals surface area contributed by atoms with Gasteiger partial charge in [-0.05, 0) is 67.1 Å². The van der Waals surface area contributed by atoms with E-state index in [1.54, 1.807) is 0 Å². The van der Waals surface area contributed by atoms with Crippen LogP contribution in [0.5, 0.6) is 0 Å². The highest BCUT2D eigenvalue weighted by molar-refractivity contribution is 5.89. The first-order valence-corrected chi connectivity index (χ1v) is 13.4. The second kappa shape index (κ2) is 7.03. The number of aliphatic hydroxyl groups excluding tert-OH is 2. The van der Waals surface area contributed by atoms with Gasteiger partial charge in [0.15, 0.2) is 11.6 Å². The molecule has 1 spiro atoms. The molecule has 2 saturated heterocycles. The van der Waals surface area contributed by atoms with Crippen LogP contribution in [-0.2, 0) is 14.3 Å². The number of carbonyl (C=O) groups is 1. The molecule has 0 amide bonds. The van der Waals surface area contributed by atoms with Crippen LogP contribution < -0.4 is 0 Å². The molecule has 6 rings (SSSR count). The average molecular weight is 463 g/mol. The number of hydrogen-bond donors (Lipinski definition) is 3. The van der Waals surface area contributed by atoms with E-state index in [0.717, 1.165) is 38.7 Å². The van der Waals surface area contributed by atoms with Crippen molar-refractivity contribution in [1.82, 2.24) is 0 Å². The molecule has 2 unspecified atom stereocenters. The van der Waals surface area contributed by atoms with E-state index >= 15 is 0 Å². The number of aliphatic hydroxyl groups is 3. The second-order valence-electron chi connectivity index (χ2n) is 13.3. The van der Waals surface area contributed by atoms with Crippen molar-refractivity contribution in [3.8, 4) is 0 Å². The lowest BCUT2D eigenvalue weighted by Gasteiger charge is -2.63. The van der Waals surface area contributed by atoms with Gasteiger partial charge in [-0.1, -0.05) is 27.7 Å². The third-order valence-corrected chi connectivity index (χ3v) is 11.9. The Hall–Kier alpha value is -0.530. The Bertz CT molecular complexity index is 836. The quantitative estimate of drug-likeness (QED) is 0.512. The van der Waals surface area contributed by atoms with Gasteiger partial charge in [0.25, 0.3) is 0 Å². The number of ether oxygens (including phenoxy) is 2. The fraction of sp³-hybridized carbons (Fsp3) is 0.963. The molecule has 0 radical (unpaired) electrons. The van der Waals surface area contributed by atoms with E-state index in [1.807, 2.05) is 6.92 Å². The van der Waals surface area contributed by atoms with Gasteiger partial charge in [0, 0.05) is 30.6 Å². The van der Waals surface area contributed by atoms with Crippen molar-refractivity contribution in [3.05, 3.63) is 0 Å². The Balaban J connectivity index is 1.31. The van der Waals surface area contributed by atoms with Crippen molar-refractivity contribution in [2.45, 2.75) is 109 Å². The van der Waals surface area contributed by atoms with Crippen LogP contribution in [0.15, 0.2) is 0 Å². The summed E-state index contributed by atoms with van der Waals surface area (Å²) >= 11 is 0. The molecule has 4 aliphatic carbocycles. The van der Waals surface area contributed by atoms with Crippen LogP contribution in [0.25, 0.3) is 0 Å². The van der Waals surface area contributed by atoms with Crippen LogP contribution in [0.1, 0.15) is 79.1 Å². The minimum absolute atomic E-state index is 0.0433. The topological polar surface area (TPSA) is 96.2 Å². The number of carbonyl (C=O) groups excluding carboxylic acids is 1. The van der Waals surface area contributed by atoms with Crippen LogP contribution in [0, 0.1) is 46.3 Å². The Morgan fingerprint density at radius 3 is 2.42 bits per heavy atom. The predicted octanol–water partition coefficient (Wildman–Crippen LogP) is 3.06.